The maximum absolute atomic E-state index is 14.1. The first-order valence-corrected chi connectivity index (χ1v) is 9.76. The van der Waals surface area contributed by atoms with Crippen molar-refractivity contribution in [1.29, 1.82) is 0 Å². The number of nitrogens with zero attached hydrogens (tertiary/aromatic N) is 1. The summed E-state index contributed by atoms with van der Waals surface area (Å²) in [4.78, 5) is 2.42. The van der Waals surface area contributed by atoms with Crippen molar-refractivity contribution in [3.05, 3.63) is 95.6 Å². The van der Waals surface area contributed by atoms with E-state index in [4.69, 9.17) is 0 Å². The molecule has 5 rings (SSSR count). The first kappa shape index (κ1) is 17.5. The predicted molar refractivity (Wildman–Crippen MR) is 107 cm³/mol. The highest BCUT2D eigenvalue weighted by molar-refractivity contribution is 5.63. The van der Waals surface area contributed by atoms with E-state index in [0.29, 0.717) is 24.5 Å². The molecule has 3 aromatic carbocycles. The number of nitrogens with one attached hydrogen (secondary N) is 1. The van der Waals surface area contributed by atoms with Crippen LogP contribution in [0, 0.1) is 11.6 Å². The second kappa shape index (κ2) is 7.12. The van der Waals surface area contributed by atoms with Gasteiger partial charge < -0.3 is 5.32 Å². The smallest absolute Gasteiger partial charge is 0.127 e. The van der Waals surface area contributed by atoms with Gasteiger partial charge in [0.05, 0.1) is 0 Å². The molecule has 3 aromatic rings. The van der Waals surface area contributed by atoms with Crippen molar-refractivity contribution < 1.29 is 8.78 Å². The zero-order valence-corrected chi connectivity index (χ0v) is 15.5. The largest absolute Gasteiger partial charge is 0.314 e. The van der Waals surface area contributed by atoms with Gasteiger partial charge in [-0.05, 0) is 34.9 Å². The molecule has 2 bridgehead atoms. The highest BCUT2D eigenvalue weighted by Crippen LogP contribution is 2.43. The number of halogens is 2. The lowest BCUT2D eigenvalue weighted by atomic mass is 9.72. The highest BCUT2D eigenvalue weighted by atomic mass is 19.1. The first-order chi connectivity index (χ1) is 13.7. The second-order valence-corrected chi connectivity index (χ2v) is 7.71. The molecule has 2 aliphatic heterocycles. The van der Waals surface area contributed by atoms with E-state index in [0.717, 1.165) is 29.8 Å². The van der Waals surface area contributed by atoms with Gasteiger partial charge in [-0.25, -0.2) is 8.78 Å². The molecule has 3 atom stereocenters. The number of fused-ring (bicyclic) bond motifs is 2. The van der Waals surface area contributed by atoms with Crippen LogP contribution in [0.5, 0.6) is 0 Å². The van der Waals surface area contributed by atoms with Crippen LogP contribution in [0.3, 0.4) is 0 Å². The van der Waals surface area contributed by atoms with Gasteiger partial charge >= 0.3 is 0 Å². The fourth-order valence-electron chi connectivity index (χ4n) is 4.75. The molecule has 0 saturated carbocycles. The van der Waals surface area contributed by atoms with E-state index in [1.807, 2.05) is 18.2 Å². The summed E-state index contributed by atoms with van der Waals surface area (Å²) in [5.41, 5.74) is 3.98. The van der Waals surface area contributed by atoms with Crippen LogP contribution >= 0.6 is 0 Å². The zero-order chi connectivity index (χ0) is 19.1. The van der Waals surface area contributed by atoms with Gasteiger partial charge in [-0.1, -0.05) is 54.6 Å². The maximum atomic E-state index is 14.1. The zero-order valence-electron chi connectivity index (χ0n) is 15.5. The van der Waals surface area contributed by atoms with Gasteiger partial charge in [0.1, 0.15) is 11.6 Å². The molecule has 2 heterocycles. The summed E-state index contributed by atoms with van der Waals surface area (Å²) in [6.07, 6.45) is 0. The Morgan fingerprint density at radius 3 is 2.29 bits per heavy atom. The third-order valence-corrected chi connectivity index (χ3v) is 6.15. The Balaban J connectivity index is 1.35. The van der Waals surface area contributed by atoms with Gasteiger partial charge in [-0.3, -0.25) is 4.90 Å². The lowest BCUT2D eigenvalue weighted by Crippen LogP contribution is -2.72. The second-order valence-electron chi connectivity index (χ2n) is 7.71. The minimum absolute atomic E-state index is 0.128. The minimum atomic E-state index is -0.218. The Kier molecular flexibility index (Phi) is 4.46. The number of hydrogen-bond donors (Lipinski definition) is 1. The van der Waals surface area contributed by atoms with Crippen LogP contribution in [0.15, 0.2) is 72.8 Å². The van der Waals surface area contributed by atoms with Gasteiger partial charge in [-0.15, -0.1) is 0 Å². The van der Waals surface area contributed by atoms with Gasteiger partial charge in [-0.2, -0.15) is 0 Å². The van der Waals surface area contributed by atoms with Gasteiger partial charge in [0.2, 0.25) is 0 Å². The molecule has 2 aliphatic rings. The van der Waals surface area contributed by atoms with Crippen LogP contribution in [0.4, 0.5) is 8.78 Å². The molecule has 2 fully saturated rings. The Bertz CT molecular complexity index is 974. The number of hydrogen-bond acceptors (Lipinski definition) is 2. The summed E-state index contributed by atoms with van der Waals surface area (Å²) >= 11 is 0. The van der Waals surface area contributed by atoms with Crippen LogP contribution < -0.4 is 5.32 Å². The monoisotopic (exact) mass is 376 g/mol. The van der Waals surface area contributed by atoms with Gasteiger partial charge in [0, 0.05) is 43.2 Å². The van der Waals surface area contributed by atoms with Crippen LogP contribution in [0.25, 0.3) is 11.1 Å². The topological polar surface area (TPSA) is 15.3 Å². The van der Waals surface area contributed by atoms with Crippen molar-refractivity contribution in [2.75, 3.05) is 13.1 Å². The third kappa shape index (κ3) is 3.03. The van der Waals surface area contributed by atoms with Crippen molar-refractivity contribution in [2.45, 2.75) is 24.5 Å². The predicted octanol–water partition coefficient (Wildman–Crippen LogP) is 4.57. The molecular formula is C24H22F2N2. The van der Waals surface area contributed by atoms with E-state index in [1.54, 1.807) is 18.2 Å². The molecule has 28 heavy (non-hydrogen) atoms. The number of piperazine rings is 1. The summed E-state index contributed by atoms with van der Waals surface area (Å²) in [6, 6.07) is 23.0. The van der Waals surface area contributed by atoms with Gasteiger partial charge in [0.25, 0.3) is 0 Å². The fourth-order valence-corrected chi connectivity index (χ4v) is 4.75. The van der Waals surface area contributed by atoms with Crippen LogP contribution in [-0.4, -0.2) is 30.1 Å². The van der Waals surface area contributed by atoms with Gasteiger partial charge in [0.15, 0.2) is 0 Å². The quantitative estimate of drug-likeness (QED) is 0.718. The summed E-state index contributed by atoms with van der Waals surface area (Å²) in [5, 5.41) is 3.48. The SMILES string of the molecule is Fc1cccc(-c2ccc(C3[C@H]4CNC[C@@H]3N4Cc3ccccc3F)cc2)c1. The van der Waals surface area contributed by atoms with Crippen molar-refractivity contribution in [3.63, 3.8) is 0 Å². The van der Waals surface area contributed by atoms with Crippen molar-refractivity contribution in [3.8, 4) is 11.1 Å². The molecule has 2 saturated heterocycles. The Morgan fingerprint density at radius 1 is 0.821 bits per heavy atom. The Morgan fingerprint density at radius 2 is 1.57 bits per heavy atom. The van der Waals surface area contributed by atoms with Crippen molar-refractivity contribution >= 4 is 0 Å². The molecule has 0 amide bonds. The Hall–Kier alpha value is -2.56. The maximum Gasteiger partial charge on any atom is 0.127 e. The molecule has 0 aromatic heterocycles. The lowest BCUT2D eigenvalue weighted by Gasteiger charge is -2.59. The summed E-state index contributed by atoms with van der Waals surface area (Å²) in [7, 11) is 0. The average molecular weight is 376 g/mol. The molecule has 1 N–H and O–H groups in total. The number of rotatable bonds is 4. The van der Waals surface area contributed by atoms with E-state index in [1.165, 1.54) is 17.7 Å². The first-order valence-electron chi connectivity index (χ1n) is 9.76. The van der Waals surface area contributed by atoms with Crippen LogP contribution in [-0.2, 0) is 6.54 Å². The summed E-state index contributed by atoms with van der Waals surface area (Å²) in [5.74, 6) is 0.107. The van der Waals surface area contributed by atoms with Crippen molar-refractivity contribution in [2.24, 2.45) is 0 Å². The highest BCUT2D eigenvalue weighted by Gasteiger charge is 2.51. The molecule has 1 unspecified atom stereocenters. The molecule has 0 spiro atoms. The lowest BCUT2D eigenvalue weighted by molar-refractivity contribution is -0.0489. The number of benzene rings is 3. The van der Waals surface area contributed by atoms with E-state index in [2.05, 4.69) is 34.5 Å². The van der Waals surface area contributed by atoms with E-state index in [9.17, 15) is 8.78 Å². The van der Waals surface area contributed by atoms with E-state index < -0.39 is 0 Å². The summed E-state index contributed by atoms with van der Waals surface area (Å²) < 4.78 is 27.6. The molecule has 4 heteroatoms. The van der Waals surface area contributed by atoms with Crippen LogP contribution in [0.1, 0.15) is 17.0 Å². The molecule has 2 nitrogen and oxygen atoms in total. The minimum Gasteiger partial charge on any atom is -0.314 e. The number of likely N-dealkylation sites (tertiary alicyclic amines) is 1. The summed E-state index contributed by atoms with van der Waals surface area (Å²) in [6.45, 7) is 2.49. The fraction of sp³-hybridized carbons (Fsp3) is 0.250. The molecule has 0 radical (unpaired) electrons. The van der Waals surface area contributed by atoms with Crippen LogP contribution in [0.2, 0.25) is 0 Å². The Labute approximate surface area is 163 Å². The normalized spacial score (nSPS) is 24.0. The molecule has 0 aliphatic carbocycles. The molecular weight excluding hydrogens is 354 g/mol. The van der Waals surface area contributed by atoms with E-state index >= 15 is 0 Å². The van der Waals surface area contributed by atoms with Crippen molar-refractivity contribution in [1.82, 2.24) is 10.2 Å². The standard InChI is InChI=1S/C24H22F2N2/c25-20-6-3-5-18(12-20)16-8-10-17(11-9-16)24-22-13-27-14-23(24)28(22)15-19-4-1-2-7-21(19)26/h1-12,22-24,27H,13-15H2/t22-,23+,24?. The van der Waals surface area contributed by atoms with E-state index in [-0.39, 0.29) is 11.6 Å². The molecule has 142 valence electrons. The average Bonchev–Trinajstić information content (AvgIpc) is 2.73. The number of piperidine rings is 1. The third-order valence-electron chi connectivity index (χ3n) is 6.15.